The van der Waals surface area contributed by atoms with Crippen molar-refractivity contribution in [2.75, 3.05) is 18.3 Å². The van der Waals surface area contributed by atoms with Crippen molar-refractivity contribution in [3.8, 4) is 12.1 Å². The van der Waals surface area contributed by atoms with Gasteiger partial charge in [-0.15, -0.1) is 0 Å². The Morgan fingerprint density at radius 1 is 1.31 bits per heavy atom. The van der Waals surface area contributed by atoms with Gasteiger partial charge in [0.15, 0.2) is 0 Å². The van der Waals surface area contributed by atoms with Gasteiger partial charge >= 0.3 is 0 Å². The highest BCUT2D eigenvalue weighted by molar-refractivity contribution is 8.28. The molecule has 0 N–H and O–H groups in total. The standard InChI is InChI=1S/C9H15FN2S/c1-9(7-11,8-12)5-4-6-13(2,3)10/h4-6H2,1-3H3. The number of rotatable bonds is 4. The van der Waals surface area contributed by atoms with Crippen LogP contribution in [0.15, 0.2) is 0 Å². The van der Waals surface area contributed by atoms with E-state index in [4.69, 9.17) is 10.5 Å². The smallest absolute Gasteiger partial charge is 0.141 e. The van der Waals surface area contributed by atoms with Crippen LogP contribution in [-0.4, -0.2) is 18.3 Å². The van der Waals surface area contributed by atoms with E-state index in [1.165, 1.54) is 0 Å². The summed E-state index contributed by atoms with van der Waals surface area (Å²) in [6.07, 6.45) is 4.24. The van der Waals surface area contributed by atoms with Gasteiger partial charge in [0.25, 0.3) is 0 Å². The second-order valence-electron chi connectivity index (χ2n) is 3.77. The molecule has 0 aromatic heterocycles. The molecule has 0 atom stereocenters. The normalized spacial score (nSPS) is 13.1. The first-order valence-electron chi connectivity index (χ1n) is 4.06. The van der Waals surface area contributed by atoms with Crippen molar-refractivity contribution in [3.05, 3.63) is 0 Å². The largest absolute Gasteiger partial charge is 0.197 e. The molecule has 0 saturated carbocycles. The lowest BCUT2D eigenvalue weighted by Gasteiger charge is -2.20. The Bertz CT molecular complexity index is 230. The van der Waals surface area contributed by atoms with Gasteiger partial charge in [-0.2, -0.15) is 14.4 Å². The molecule has 0 aliphatic rings. The fourth-order valence-electron chi connectivity index (χ4n) is 0.906. The van der Waals surface area contributed by atoms with Crippen LogP contribution in [0.2, 0.25) is 0 Å². The maximum Gasteiger partial charge on any atom is 0.141 e. The number of nitriles is 2. The average Bonchev–Trinajstić information content (AvgIpc) is 2.02. The fourth-order valence-corrected chi connectivity index (χ4v) is 1.74. The fraction of sp³-hybridized carbons (Fsp3) is 0.778. The molecule has 4 heteroatoms. The Kier molecular flexibility index (Phi) is 4.23. The summed E-state index contributed by atoms with van der Waals surface area (Å²) in [6.45, 7) is 1.59. The average molecular weight is 202 g/mol. The van der Waals surface area contributed by atoms with Gasteiger partial charge in [0.1, 0.15) is 5.41 Å². The van der Waals surface area contributed by atoms with Gasteiger partial charge in [-0.05, 0) is 32.3 Å². The van der Waals surface area contributed by atoms with Gasteiger partial charge < -0.3 is 0 Å². The van der Waals surface area contributed by atoms with Crippen molar-refractivity contribution in [2.24, 2.45) is 5.41 Å². The SMILES string of the molecule is CC(C#N)(C#N)CCCS(C)(C)F. The number of halogens is 1. The summed E-state index contributed by atoms with van der Waals surface area (Å²) in [4.78, 5) is 0. The molecule has 0 rings (SSSR count). The summed E-state index contributed by atoms with van der Waals surface area (Å²) >= 11 is 0. The lowest BCUT2D eigenvalue weighted by molar-refractivity contribution is 0.520. The molecule has 0 aromatic carbocycles. The lowest BCUT2D eigenvalue weighted by atomic mass is 9.89. The minimum Gasteiger partial charge on any atom is -0.197 e. The van der Waals surface area contributed by atoms with Crippen molar-refractivity contribution >= 4 is 10.4 Å². The Morgan fingerprint density at radius 3 is 2.08 bits per heavy atom. The summed E-state index contributed by atoms with van der Waals surface area (Å²) in [5, 5.41) is 17.3. The molecule has 13 heavy (non-hydrogen) atoms. The highest BCUT2D eigenvalue weighted by atomic mass is 32.3. The van der Waals surface area contributed by atoms with Crippen LogP contribution in [-0.2, 0) is 0 Å². The van der Waals surface area contributed by atoms with E-state index in [2.05, 4.69) is 0 Å². The summed E-state index contributed by atoms with van der Waals surface area (Å²) < 4.78 is 13.1. The summed E-state index contributed by atoms with van der Waals surface area (Å²) in [7, 11) is -1.98. The molecular weight excluding hydrogens is 187 g/mol. The van der Waals surface area contributed by atoms with Gasteiger partial charge in [0.05, 0.1) is 12.1 Å². The van der Waals surface area contributed by atoms with Crippen LogP contribution in [0.25, 0.3) is 0 Å². The first-order chi connectivity index (χ1) is 5.83. The van der Waals surface area contributed by atoms with Crippen LogP contribution in [0.1, 0.15) is 19.8 Å². The van der Waals surface area contributed by atoms with E-state index >= 15 is 0 Å². The highest BCUT2D eigenvalue weighted by Crippen LogP contribution is 2.42. The molecule has 0 spiro atoms. The zero-order chi connectivity index (χ0) is 10.5. The van der Waals surface area contributed by atoms with Crippen LogP contribution < -0.4 is 0 Å². The van der Waals surface area contributed by atoms with Crippen molar-refractivity contribution in [1.29, 1.82) is 10.5 Å². The minimum atomic E-state index is -1.98. The Hall–Kier alpha value is -0.740. The molecular formula is C9H15FN2S. The minimum absolute atomic E-state index is 0.459. The van der Waals surface area contributed by atoms with Gasteiger partial charge in [-0.3, -0.25) is 0 Å². The third-order valence-corrected chi connectivity index (χ3v) is 3.06. The number of hydrogen-bond donors (Lipinski definition) is 0. The molecule has 74 valence electrons. The molecule has 0 fully saturated rings. The molecule has 0 aliphatic carbocycles. The Balaban J connectivity index is 3.93. The van der Waals surface area contributed by atoms with Gasteiger partial charge in [-0.25, -0.2) is 0 Å². The summed E-state index contributed by atoms with van der Waals surface area (Å²) in [5.41, 5.74) is -0.940. The quantitative estimate of drug-likeness (QED) is 0.703. The van der Waals surface area contributed by atoms with Gasteiger partial charge in [0, 0.05) is 5.75 Å². The van der Waals surface area contributed by atoms with Crippen molar-refractivity contribution in [3.63, 3.8) is 0 Å². The van der Waals surface area contributed by atoms with E-state index in [0.29, 0.717) is 18.6 Å². The second kappa shape index (κ2) is 4.48. The summed E-state index contributed by atoms with van der Waals surface area (Å²) in [5.74, 6) is 0.478. The lowest BCUT2D eigenvalue weighted by Crippen LogP contribution is -2.11. The third-order valence-electron chi connectivity index (χ3n) is 1.80. The molecule has 2 nitrogen and oxygen atoms in total. The summed E-state index contributed by atoms with van der Waals surface area (Å²) in [6, 6.07) is 3.88. The van der Waals surface area contributed by atoms with E-state index in [-0.39, 0.29) is 0 Å². The maximum absolute atomic E-state index is 13.1. The zero-order valence-electron chi connectivity index (χ0n) is 8.30. The van der Waals surface area contributed by atoms with Crippen molar-refractivity contribution in [2.45, 2.75) is 19.8 Å². The number of nitrogens with zero attached hydrogens (tertiary/aromatic N) is 2. The van der Waals surface area contributed by atoms with Crippen molar-refractivity contribution < 1.29 is 3.89 Å². The molecule has 0 heterocycles. The zero-order valence-corrected chi connectivity index (χ0v) is 9.12. The predicted molar refractivity (Wildman–Crippen MR) is 54.0 cm³/mol. The van der Waals surface area contributed by atoms with E-state index in [0.717, 1.165) is 0 Å². The second-order valence-corrected chi connectivity index (χ2v) is 6.98. The van der Waals surface area contributed by atoms with Crippen LogP contribution in [0, 0.1) is 28.1 Å². The molecule has 0 aromatic rings. The maximum atomic E-state index is 13.1. The predicted octanol–water partition coefficient (Wildman–Crippen LogP) is 2.77. The molecule has 0 bridgehead atoms. The van der Waals surface area contributed by atoms with Gasteiger partial charge in [0.2, 0.25) is 0 Å². The molecule has 0 aliphatic heterocycles. The van der Waals surface area contributed by atoms with Gasteiger partial charge in [-0.1, -0.05) is 10.4 Å². The molecule has 0 amide bonds. The van der Waals surface area contributed by atoms with E-state index in [1.54, 1.807) is 19.4 Å². The van der Waals surface area contributed by atoms with E-state index in [1.807, 2.05) is 12.1 Å². The Labute approximate surface area is 81.0 Å². The number of hydrogen-bond acceptors (Lipinski definition) is 2. The van der Waals surface area contributed by atoms with Crippen LogP contribution in [0.4, 0.5) is 3.89 Å². The monoisotopic (exact) mass is 202 g/mol. The van der Waals surface area contributed by atoms with Crippen LogP contribution in [0.3, 0.4) is 0 Å². The highest BCUT2D eigenvalue weighted by Gasteiger charge is 2.23. The van der Waals surface area contributed by atoms with E-state index < -0.39 is 15.8 Å². The van der Waals surface area contributed by atoms with E-state index in [9.17, 15) is 3.89 Å². The Morgan fingerprint density at radius 2 is 1.77 bits per heavy atom. The van der Waals surface area contributed by atoms with Crippen LogP contribution in [0.5, 0.6) is 0 Å². The first-order valence-corrected chi connectivity index (χ1v) is 6.58. The third kappa shape index (κ3) is 5.49. The molecule has 0 radical (unpaired) electrons. The first kappa shape index (κ1) is 12.3. The topological polar surface area (TPSA) is 47.6 Å². The van der Waals surface area contributed by atoms with Crippen molar-refractivity contribution in [1.82, 2.24) is 0 Å². The molecule has 0 saturated heterocycles. The van der Waals surface area contributed by atoms with Crippen LogP contribution >= 0.6 is 10.4 Å². The molecule has 0 unspecified atom stereocenters.